The number of thiophene rings is 1. The molecule has 0 aliphatic rings. The van der Waals surface area contributed by atoms with Crippen LogP contribution in [-0.4, -0.2) is 16.8 Å². The first kappa shape index (κ1) is 18.9. The van der Waals surface area contributed by atoms with E-state index in [4.69, 9.17) is 0 Å². The third-order valence-electron chi connectivity index (χ3n) is 3.60. The van der Waals surface area contributed by atoms with Gasteiger partial charge in [0.1, 0.15) is 10.8 Å². The van der Waals surface area contributed by atoms with E-state index < -0.39 is 5.91 Å². The molecule has 5 nitrogen and oxygen atoms in total. The number of thiazole rings is 1. The molecule has 0 spiro atoms. The summed E-state index contributed by atoms with van der Waals surface area (Å²) in [6.45, 7) is 1.96. The highest BCUT2D eigenvalue weighted by molar-refractivity contribution is 7.13. The molecule has 1 aromatic carbocycles. The van der Waals surface area contributed by atoms with Gasteiger partial charge in [-0.1, -0.05) is 0 Å². The molecule has 0 unspecified atom stereocenters. The Labute approximate surface area is 163 Å². The molecule has 27 heavy (non-hydrogen) atoms. The van der Waals surface area contributed by atoms with Crippen molar-refractivity contribution in [1.82, 2.24) is 15.8 Å². The third kappa shape index (κ3) is 5.32. The van der Waals surface area contributed by atoms with Crippen molar-refractivity contribution < 1.29 is 14.0 Å². The molecule has 0 aliphatic carbocycles. The Balaban J connectivity index is 1.49. The SMILES string of the molecule is Cc1ccsc1/C=C/C(=O)NNC(=O)Cc1csc(-c2ccc(F)cc2)n1. The lowest BCUT2D eigenvalue weighted by Crippen LogP contribution is -2.41. The molecule has 0 atom stereocenters. The molecule has 8 heteroatoms. The van der Waals surface area contributed by atoms with Gasteiger partial charge in [-0.3, -0.25) is 20.4 Å². The van der Waals surface area contributed by atoms with Gasteiger partial charge in [-0.05, 0) is 54.3 Å². The van der Waals surface area contributed by atoms with Crippen molar-refractivity contribution in [2.75, 3.05) is 0 Å². The van der Waals surface area contributed by atoms with Crippen LogP contribution in [0.2, 0.25) is 0 Å². The first-order valence-electron chi connectivity index (χ1n) is 8.02. The van der Waals surface area contributed by atoms with E-state index in [1.807, 2.05) is 18.4 Å². The summed E-state index contributed by atoms with van der Waals surface area (Å²) in [5.41, 5.74) is 7.16. The van der Waals surface area contributed by atoms with Crippen LogP contribution in [0.1, 0.15) is 16.1 Å². The van der Waals surface area contributed by atoms with E-state index in [9.17, 15) is 14.0 Å². The Morgan fingerprint density at radius 3 is 2.63 bits per heavy atom. The van der Waals surface area contributed by atoms with Crippen molar-refractivity contribution in [2.45, 2.75) is 13.3 Å². The highest BCUT2D eigenvalue weighted by Gasteiger charge is 2.10. The van der Waals surface area contributed by atoms with Gasteiger partial charge in [0.05, 0.1) is 12.1 Å². The van der Waals surface area contributed by atoms with E-state index in [0.29, 0.717) is 10.7 Å². The normalized spacial score (nSPS) is 10.9. The molecule has 0 bridgehead atoms. The topological polar surface area (TPSA) is 71.1 Å². The number of carbonyl (C=O) groups is 2. The van der Waals surface area contributed by atoms with Crippen LogP contribution in [0, 0.1) is 12.7 Å². The molecule has 0 saturated carbocycles. The minimum absolute atomic E-state index is 0.0335. The van der Waals surface area contributed by atoms with Crippen molar-refractivity contribution in [3.63, 3.8) is 0 Å². The lowest BCUT2D eigenvalue weighted by Gasteiger charge is -2.03. The van der Waals surface area contributed by atoms with Crippen molar-refractivity contribution in [3.8, 4) is 10.6 Å². The molecule has 2 amide bonds. The lowest BCUT2D eigenvalue weighted by molar-refractivity contribution is -0.126. The van der Waals surface area contributed by atoms with Crippen LogP contribution in [-0.2, 0) is 16.0 Å². The maximum absolute atomic E-state index is 13.0. The number of aryl methyl sites for hydroxylation is 1. The van der Waals surface area contributed by atoms with Gasteiger partial charge in [0, 0.05) is 21.9 Å². The van der Waals surface area contributed by atoms with Crippen molar-refractivity contribution in [2.24, 2.45) is 0 Å². The molecule has 3 aromatic rings. The maximum atomic E-state index is 13.0. The summed E-state index contributed by atoms with van der Waals surface area (Å²) in [6.07, 6.45) is 3.11. The molecule has 0 saturated heterocycles. The smallest absolute Gasteiger partial charge is 0.262 e. The second-order valence-corrected chi connectivity index (χ2v) is 7.47. The van der Waals surface area contributed by atoms with Gasteiger partial charge in [0.15, 0.2) is 0 Å². The number of rotatable bonds is 5. The fourth-order valence-corrected chi connectivity index (χ4v) is 3.85. The summed E-state index contributed by atoms with van der Waals surface area (Å²) >= 11 is 2.91. The fourth-order valence-electron chi connectivity index (χ4n) is 2.20. The molecule has 0 fully saturated rings. The second kappa shape index (κ2) is 8.70. The van der Waals surface area contributed by atoms with E-state index in [0.717, 1.165) is 16.0 Å². The Morgan fingerprint density at radius 2 is 1.93 bits per heavy atom. The number of nitrogens with zero attached hydrogens (tertiary/aromatic N) is 1. The number of benzene rings is 1. The number of halogens is 1. The maximum Gasteiger partial charge on any atom is 0.262 e. The zero-order chi connectivity index (χ0) is 19.2. The van der Waals surface area contributed by atoms with Gasteiger partial charge >= 0.3 is 0 Å². The molecular formula is C19H16FN3O2S2. The van der Waals surface area contributed by atoms with Crippen LogP contribution in [0.4, 0.5) is 4.39 Å². The van der Waals surface area contributed by atoms with Gasteiger partial charge in [0.2, 0.25) is 5.91 Å². The van der Waals surface area contributed by atoms with Crippen LogP contribution in [0.25, 0.3) is 16.6 Å². The van der Waals surface area contributed by atoms with Crippen molar-refractivity contribution in [3.05, 3.63) is 69.1 Å². The Kier molecular flexibility index (Phi) is 6.10. The van der Waals surface area contributed by atoms with Gasteiger partial charge in [-0.25, -0.2) is 9.37 Å². The summed E-state index contributed by atoms with van der Waals surface area (Å²) in [6, 6.07) is 7.98. The van der Waals surface area contributed by atoms with Crippen LogP contribution < -0.4 is 10.9 Å². The van der Waals surface area contributed by atoms with Crippen LogP contribution >= 0.6 is 22.7 Å². The molecule has 2 aromatic heterocycles. The summed E-state index contributed by atoms with van der Waals surface area (Å²) in [7, 11) is 0. The molecule has 2 heterocycles. The predicted octanol–water partition coefficient (Wildman–Crippen LogP) is 3.72. The minimum Gasteiger partial charge on any atom is -0.273 e. The fraction of sp³-hybridized carbons (Fsp3) is 0.105. The zero-order valence-electron chi connectivity index (χ0n) is 14.4. The number of hydrazine groups is 1. The van der Waals surface area contributed by atoms with E-state index in [-0.39, 0.29) is 18.1 Å². The number of nitrogens with one attached hydrogen (secondary N) is 2. The van der Waals surface area contributed by atoms with Gasteiger partial charge in [-0.15, -0.1) is 22.7 Å². The average molecular weight is 401 g/mol. The quantitative estimate of drug-likeness (QED) is 0.506. The van der Waals surface area contributed by atoms with Gasteiger partial charge in [-0.2, -0.15) is 0 Å². The second-order valence-electron chi connectivity index (χ2n) is 5.67. The van der Waals surface area contributed by atoms with E-state index >= 15 is 0 Å². The van der Waals surface area contributed by atoms with E-state index in [2.05, 4.69) is 15.8 Å². The molecule has 0 radical (unpaired) electrons. The van der Waals surface area contributed by atoms with E-state index in [1.54, 1.807) is 23.6 Å². The molecule has 2 N–H and O–H groups in total. The number of aromatic nitrogens is 1. The average Bonchev–Trinajstić information content (AvgIpc) is 3.28. The van der Waals surface area contributed by atoms with Crippen molar-refractivity contribution >= 4 is 40.6 Å². The molecule has 0 aliphatic heterocycles. The Hall–Kier alpha value is -2.84. The molecule has 3 rings (SSSR count). The number of amides is 2. The highest BCUT2D eigenvalue weighted by Crippen LogP contribution is 2.24. The summed E-state index contributed by atoms with van der Waals surface area (Å²) in [4.78, 5) is 29.1. The molecular weight excluding hydrogens is 385 g/mol. The third-order valence-corrected chi connectivity index (χ3v) is 5.52. The lowest BCUT2D eigenvalue weighted by atomic mass is 10.2. The summed E-state index contributed by atoms with van der Waals surface area (Å²) < 4.78 is 13.0. The number of carbonyl (C=O) groups excluding carboxylic acids is 2. The first-order valence-corrected chi connectivity index (χ1v) is 9.78. The van der Waals surface area contributed by atoms with E-state index in [1.165, 1.54) is 40.9 Å². The zero-order valence-corrected chi connectivity index (χ0v) is 16.0. The van der Waals surface area contributed by atoms with Crippen molar-refractivity contribution in [1.29, 1.82) is 0 Å². The van der Waals surface area contributed by atoms with Crippen LogP contribution in [0.5, 0.6) is 0 Å². The van der Waals surface area contributed by atoms with Crippen LogP contribution in [0.3, 0.4) is 0 Å². The number of hydrogen-bond donors (Lipinski definition) is 2. The first-order chi connectivity index (χ1) is 13.0. The Morgan fingerprint density at radius 1 is 1.15 bits per heavy atom. The monoisotopic (exact) mass is 401 g/mol. The van der Waals surface area contributed by atoms with Crippen LogP contribution in [0.15, 0.2) is 47.2 Å². The summed E-state index contributed by atoms with van der Waals surface area (Å²) in [5.74, 6) is -1.10. The largest absolute Gasteiger partial charge is 0.273 e. The highest BCUT2D eigenvalue weighted by atomic mass is 32.1. The molecule has 138 valence electrons. The minimum atomic E-state index is -0.415. The number of hydrogen-bond acceptors (Lipinski definition) is 5. The summed E-state index contributed by atoms with van der Waals surface area (Å²) in [5, 5.41) is 4.42. The predicted molar refractivity (Wildman–Crippen MR) is 106 cm³/mol. The van der Waals surface area contributed by atoms with Gasteiger partial charge < -0.3 is 0 Å². The Bertz CT molecular complexity index is 977. The standard InChI is InChI=1S/C19H16FN3O2S2/c1-12-8-9-26-16(12)6-7-17(24)22-23-18(25)10-15-11-27-19(21-15)13-2-4-14(20)5-3-13/h2-9,11H,10H2,1H3,(H,22,24)(H,23,25)/b7-6+. The van der Waals surface area contributed by atoms with Gasteiger partial charge in [0.25, 0.3) is 5.91 Å².